The van der Waals surface area contributed by atoms with Crippen molar-refractivity contribution in [1.82, 2.24) is 10.6 Å². The summed E-state index contributed by atoms with van der Waals surface area (Å²) in [5.74, 6) is 1.67. The van der Waals surface area contributed by atoms with E-state index in [1.807, 2.05) is 19.1 Å². The second kappa shape index (κ2) is 13.3. The van der Waals surface area contributed by atoms with Crippen molar-refractivity contribution in [2.24, 2.45) is 16.8 Å². The molecule has 1 aromatic heterocycles. The molecule has 0 saturated carbocycles. The van der Waals surface area contributed by atoms with E-state index in [0.29, 0.717) is 30.9 Å². The van der Waals surface area contributed by atoms with Crippen LogP contribution >= 0.6 is 35.3 Å². The number of guanidine groups is 1. The molecule has 158 valence electrons. The summed E-state index contributed by atoms with van der Waals surface area (Å²) in [5, 5.41) is 27.5. The zero-order valence-corrected chi connectivity index (χ0v) is 20.2. The highest BCUT2D eigenvalue weighted by Crippen LogP contribution is 2.29. The van der Waals surface area contributed by atoms with Crippen molar-refractivity contribution in [3.63, 3.8) is 0 Å². The highest BCUT2D eigenvalue weighted by Gasteiger charge is 2.13. The molecule has 28 heavy (non-hydrogen) atoms. The van der Waals surface area contributed by atoms with Crippen LogP contribution in [0.4, 0.5) is 0 Å². The van der Waals surface area contributed by atoms with Gasteiger partial charge in [-0.05, 0) is 49.1 Å². The first kappa shape index (κ1) is 25.1. The minimum Gasteiger partial charge on any atom is -0.396 e. The average Bonchev–Trinajstić information content (AvgIpc) is 3.07. The predicted molar refractivity (Wildman–Crippen MR) is 131 cm³/mol. The Balaban J connectivity index is 0.00000392. The fourth-order valence-corrected chi connectivity index (χ4v) is 4.21. The molecule has 0 aliphatic heterocycles. The lowest BCUT2D eigenvalue weighted by Crippen LogP contribution is -2.39. The van der Waals surface area contributed by atoms with Gasteiger partial charge < -0.3 is 20.8 Å². The first-order valence-electron chi connectivity index (χ1n) is 9.83. The lowest BCUT2D eigenvalue weighted by molar-refractivity contribution is 0.184. The van der Waals surface area contributed by atoms with Gasteiger partial charge in [0.05, 0.1) is 0 Å². The molecule has 0 radical (unpaired) electrons. The highest BCUT2D eigenvalue weighted by atomic mass is 127. The molecule has 0 amide bonds. The van der Waals surface area contributed by atoms with E-state index in [1.54, 1.807) is 11.3 Å². The number of rotatable bonds is 10. The van der Waals surface area contributed by atoms with Gasteiger partial charge in [0.2, 0.25) is 0 Å². The molecule has 0 bridgehead atoms. The van der Waals surface area contributed by atoms with Crippen LogP contribution in [0.2, 0.25) is 0 Å². The van der Waals surface area contributed by atoms with Gasteiger partial charge in [0.15, 0.2) is 5.96 Å². The van der Waals surface area contributed by atoms with Crippen molar-refractivity contribution in [3.8, 4) is 0 Å². The first-order chi connectivity index (χ1) is 13.0. The average molecular weight is 519 g/mol. The third-order valence-corrected chi connectivity index (χ3v) is 5.65. The van der Waals surface area contributed by atoms with Crippen LogP contribution in [0.15, 0.2) is 35.3 Å². The van der Waals surface area contributed by atoms with Crippen LogP contribution in [0.1, 0.15) is 44.6 Å². The Morgan fingerprint density at radius 1 is 1.21 bits per heavy atom. The number of aliphatic hydroxyl groups excluding tert-OH is 2. The normalized spacial score (nSPS) is 14.0. The minimum absolute atomic E-state index is 0. The smallest absolute Gasteiger partial charge is 0.191 e. The first-order valence-corrected chi connectivity index (χ1v) is 10.6. The molecular weight excluding hydrogens is 485 g/mol. The lowest BCUT2D eigenvalue weighted by atomic mass is 9.94. The van der Waals surface area contributed by atoms with Crippen LogP contribution in [-0.2, 0) is 0 Å². The summed E-state index contributed by atoms with van der Waals surface area (Å²) in [6.07, 6.45) is 1.24. The van der Waals surface area contributed by atoms with Crippen molar-refractivity contribution in [2.45, 2.75) is 39.7 Å². The summed E-state index contributed by atoms with van der Waals surface area (Å²) in [6.45, 7) is 8.46. The number of nitrogens with zero attached hydrogens (tertiary/aromatic N) is 1. The maximum absolute atomic E-state index is 10.6. The van der Waals surface area contributed by atoms with Crippen LogP contribution in [0, 0.1) is 11.8 Å². The molecule has 1 aromatic carbocycles. The molecule has 0 saturated heterocycles. The lowest BCUT2D eigenvalue weighted by Gasteiger charge is -2.18. The van der Waals surface area contributed by atoms with Gasteiger partial charge in [-0.1, -0.05) is 32.0 Å². The number of nitrogens with one attached hydrogen (secondary N) is 2. The molecule has 7 heteroatoms. The van der Waals surface area contributed by atoms with E-state index >= 15 is 0 Å². The van der Waals surface area contributed by atoms with Crippen LogP contribution in [0.5, 0.6) is 0 Å². The Kier molecular flexibility index (Phi) is 12.0. The van der Waals surface area contributed by atoms with Crippen LogP contribution in [0.3, 0.4) is 0 Å². The van der Waals surface area contributed by atoms with Gasteiger partial charge in [0.1, 0.15) is 6.10 Å². The summed E-state index contributed by atoms with van der Waals surface area (Å²) >= 11 is 1.62. The molecular formula is C21H34IN3O2S. The van der Waals surface area contributed by atoms with E-state index in [9.17, 15) is 10.2 Å². The van der Waals surface area contributed by atoms with E-state index in [-0.39, 0.29) is 30.6 Å². The van der Waals surface area contributed by atoms with Crippen molar-refractivity contribution < 1.29 is 10.2 Å². The SMILES string of the molecule is CCNC(=NCC(CCO)CC(C)C)NCC(O)c1cc2ccccc2s1.I. The largest absolute Gasteiger partial charge is 0.396 e. The fourth-order valence-electron chi connectivity index (χ4n) is 3.16. The molecule has 1 heterocycles. The van der Waals surface area contributed by atoms with Gasteiger partial charge >= 0.3 is 0 Å². The second-order valence-corrected chi connectivity index (χ2v) is 8.43. The summed E-state index contributed by atoms with van der Waals surface area (Å²) in [5.41, 5.74) is 0. The molecule has 0 spiro atoms. The van der Waals surface area contributed by atoms with Gasteiger partial charge in [-0.2, -0.15) is 0 Å². The Hall–Kier alpha value is -0.900. The topological polar surface area (TPSA) is 76.9 Å². The van der Waals surface area contributed by atoms with Gasteiger partial charge in [-0.25, -0.2) is 0 Å². The number of aliphatic hydroxyl groups is 2. The number of halogens is 1. The van der Waals surface area contributed by atoms with Crippen LogP contribution in [0.25, 0.3) is 10.1 Å². The standard InChI is InChI=1S/C21H33N3O2S.HI/c1-4-22-21(23-13-16(9-10-25)11-15(2)3)24-14-18(26)20-12-17-7-5-6-8-19(17)27-20;/h5-8,12,15-16,18,25-26H,4,9-11,13-14H2,1-3H3,(H2,22,23,24);1H. The van der Waals surface area contributed by atoms with Crippen molar-refractivity contribution in [1.29, 1.82) is 0 Å². The highest BCUT2D eigenvalue weighted by molar-refractivity contribution is 14.0. The van der Waals surface area contributed by atoms with Crippen LogP contribution in [-0.4, -0.2) is 42.4 Å². The Morgan fingerprint density at radius 3 is 2.61 bits per heavy atom. The molecule has 0 fully saturated rings. The van der Waals surface area contributed by atoms with Crippen molar-refractivity contribution in [2.75, 3.05) is 26.2 Å². The molecule has 0 aliphatic carbocycles. The molecule has 0 aliphatic rings. The number of aliphatic imine (C=N–C) groups is 1. The van der Waals surface area contributed by atoms with Gasteiger partial charge in [-0.15, -0.1) is 35.3 Å². The predicted octanol–water partition coefficient (Wildman–Crippen LogP) is 4.15. The zero-order chi connectivity index (χ0) is 19.6. The van der Waals surface area contributed by atoms with E-state index in [4.69, 9.17) is 0 Å². The fraction of sp³-hybridized carbons (Fsp3) is 0.571. The number of benzene rings is 1. The van der Waals surface area contributed by atoms with E-state index < -0.39 is 6.10 Å². The van der Waals surface area contributed by atoms with Crippen LogP contribution < -0.4 is 10.6 Å². The number of thiophene rings is 1. The van der Waals surface area contributed by atoms with Gasteiger partial charge in [-0.3, -0.25) is 4.99 Å². The zero-order valence-electron chi connectivity index (χ0n) is 17.0. The maximum atomic E-state index is 10.6. The van der Waals surface area contributed by atoms with Crippen molar-refractivity contribution in [3.05, 3.63) is 35.2 Å². The third-order valence-electron chi connectivity index (χ3n) is 4.43. The quantitative estimate of drug-likeness (QED) is 0.216. The Labute approximate surface area is 189 Å². The number of hydrogen-bond donors (Lipinski definition) is 4. The molecule has 2 rings (SSSR count). The number of hydrogen-bond acceptors (Lipinski definition) is 4. The summed E-state index contributed by atoms with van der Waals surface area (Å²) < 4.78 is 1.19. The number of fused-ring (bicyclic) bond motifs is 1. The minimum atomic E-state index is -0.574. The summed E-state index contributed by atoms with van der Waals surface area (Å²) in [4.78, 5) is 5.63. The molecule has 5 nitrogen and oxygen atoms in total. The summed E-state index contributed by atoms with van der Waals surface area (Å²) in [7, 11) is 0. The molecule has 2 aromatic rings. The van der Waals surface area contributed by atoms with Crippen molar-refractivity contribution >= 4 is 51.4 Å². The van der Waals surface area contributed by atoms with Gasteiger partial charge in [0.25, 0.3) is 0 Å². The molecule has 2 atom stereocenters. The Bertz CT molecular complexity index is 687. The van der Waals surface area contributed by atoms with Gasteiger partial charge in [0, 0.05) is 35.8 Å². The van der Waals surface area contributed by atoms with E-state index in [2.05, 4.69) is 47.7 Å². The monoisotopic (exact) mass is 519 g/mol. The molecule has 2 unspecified atom stereocenters. The Morgan fingerprint density at radius 2 is 1.96 bits per heavy atom. The van der Waals surface area contributed by atoms with E-state index in [0.717, 1.165) is 29.6 Å². The summed E-state index contributed by atoms with van der Waals surface area (Å²) in [6, 6.07) is 10.2. The third kappa shape index (κ3) is 8.23. The second-order valence-electron chi connectivity index (χ2n) is 7.31. The molecule has 4 N–H and O–H groups in total. The maximum Gasteiger partial charge on any atom is 0.191 e. The van der Waals surface area contributed by atoms with E-state index in [1.165, 1.54) is 4.70 Å².